The van der Waals surface area contributed by atoms with Crippen LogP contribution in [0.5, 0.6) is 0 Å². The number of pyridine rings is 1. The Morgan fingerprint density at radius 2 is 1.81 bits per heavy atom. The number of nitrogens with one attached hydrogen (secondary N) is 1. The normalized spacial score (nSPS) is 20.5. The second-order valence-electron chi connectivity index (χ2n) is 10.3. The summed E-state index contributed by atoms with van der Waals surface area (Å²) in [5, 5.41) is 3.14. The van der Waals surface area contributed by atoms with Crippen LogP contribution in [0.2, 0.25) is 4.34 Å². The maximum atomic E-state index is 13.5. The predicted molar refractivity (Wildman–Crippen MR) is 143 cm³/mol. The molecule has 2 aliphatic heterocycles. The number of benzene rings is 1. The highest BCUT2D eigenvalue weighted by Gasteiger charge is 2.42. The first-order valence-corrected chi connectivity index (χ1v) is 13.8. The summed E-state index contributed by atoms with van der Waals surface area (Å²) in [5.74, 6) is -0.00525. The molecule has 4 heterocycles. The molecule has 0 saturated carbocycles. The lowest BCUT2D eigenvalue weighted by atomic mass is 9.77. The first-order chi connectivity index (χ1) is 17.5. The number of hydrogen-bond donors (Lipinski definition) is 1. The third-order valence-corrected chi connectivity index (χ3v) is 9.38. The first kappa shape index (κ1) is 23.5. The molecule has 2 saturated heterocycles. The predicted octanol–water partition coefficient (Wildman–Crippen LogP) is 5.35. The van der Waals surface area contributed by atoms with Crippen LogP contribution in [-0.4, -0.2) is 47.9 Å². The zero-order valence-corrected chi connectivity index (χ0v) is 21.7. The van der Waals surface area contributed by atoms with Gasteiger partial charge in [-0.25, -0.2) is 0 Å². The van der Waals surface area contributed by atoms with Crippen LogP contribution in [0.25, 0.3) is 0 Å². The van der Waals surface area contributed by atoms with Crippen LogP contribution in [0.1, 0.15) is 62.9 Å². The smallest absolute Gasteiger partial charge is 0.261 e. The van der Waals surface area contributed by atoms with Crippen LogP contribution < -0.4 is 10.2 Å². The SMILES string of the molecule is O=C(NC1CCc2ccc(C(=O)N3CCC4(CCN(c5ccncc5)CC4)C3)cc21)c1ccc(Cl)s1. The number of hydrogen-bond acceptors (Lipinski definition) is 5. The number of anilines is 1. The van der Waals surface area contributed by atoms with Gasteiger partial charge in [-0.3, -0.25) is 14.6 Å². The number of amides is 2. The molecule has 3 aromatic rings. The van der Waals surface area contributed by atoms with Gasteiger partial charge in [0.2, 0.25) is 0 Å². The zero-order chi connectivity index (χ0) is 24.7. The molecule has 2 aromatic heterocycles. The Morgan fingerprint density at radius 1 is 1.03 bits per heavy atom. The van der Waals surface area contributed by atoms with Gasteiger partial charge < -0.3 is 15.1 Å². The van der Waals surface area contributed by atoms with E-state index < -0.39 is 0 Å². The Labute approximate surface area is 220 Å². The van der Waals surface area contributed by atoms with E-state index in [1.807, 2.05) is 29.4 Å². The number of likely N-dealkylation sites (tertiary alicyclic amines) is 1. The Hall–Kier alpha value is -2.90. The highest BCUT2D eigenvalue weighted by atomic mass is 35.5. The van der Waals surface area contributed by atoms with Crippen molar-refractivity contribution in [2.75, 3.05) is 31.1 Å². The van der Waals surface area contributed by atoms with Crippen LogP contribution >= 0.6 is 22.9 Å². The molecular formula is C28H29ClN4O2S. The van der Waals surface area contributed by atoms with E-state index in [1.165, 1.54) is 22.6 Å². The fraction of sp³-hybridized carbons (Fsp3) is 0.393. The summed E-state index contributed by atoms with van der Waals surface area (Å²) in [7, 11) is 0. The number of fused-ring (bicyclic) bond motifs is 1. The number of thiophene rings is 1. The average molecular weight is 521 g/mol. The van der Waals surface area contributed by atoms with E-state index in [-0.39, 0.29) is 23.3 Å². The fourth-order valence-corrected chi connectivity index (χ4v) is 6.99. The van der Waals surface area contributed by atoms with Gasteiger partial charge >= 0.3 is 0 Å². The molecule has 0 bridgehead atoms. The number of rotatable bonds is 4. The number of halogens is 1. The van der Waals surface area contributed by atoms with Gasteiger partial charge in [0.15, 0.2) is 0 Å². The van der Waals surface area contributed by atoms with Crippen LogP contribution in [0.4, 0.5) is 5.69 Å². The Morgan fingerprint density at radius 3 is 2.56 bits per heavy atom. The summed E-state index contributed by atoms with van der Waals surface area (Å²) in [4.78, 5) is 35.4. The third-order valence-electron chi connectivity index (χ3n) is 8.15. The molecule has 0 radical (unpaired) electrons. The van der Waals surface area contributed by atoms with E-state index in [9.17, 15) is 9.59 Å². The average Bonchev–Trinajstić information content (AvgIpc) is 3.64. The van der Waals surface area contributed by atoms with Gasteiger partial charge in [0.25, 0.3) is 11.8 Å². The summed E-state index contributed by atoms with van der Waals surface area (Å²) in [5.41, 5.74) is 4.45. The van der Waals surface area contributed by atoms with Gasteiger partial charge in [0.05, 0.1) is 15.3 Å². The minimum absolute atomic E-state index is 0.0800. The molecule has 6 rings (SSSR count). The Bertz CT molecular complexity index is 1290. The van der Waals surface area contributed by atoms with Crippen molar-refractivity contribution in [2.24, 2.45) is 5.41 Å². The number of aryl methyl sites for hydroxylation is 1. The van der Waals surface area contributed by atoms with Crippen molar-refractivity contribution in [3.63, 3.8) is 0 Å². The molecule has 1 atom stereocenters. The van der Waals surface area contributed by atoms with Gasteiger partial charge in [-0.1, -0.05) is 17.7 Å². The van der Waals surface area contributed by atoms with Crippen LogP contribution in [-0.2, 0) is 6.42 Å². The molecule has 2 amide bonds. The maximum Gasteiger partial charge on any atom is 0.261 e. The Kier molecular flexibility index (Phi) is 6.21. The number of carbonyl (C=O) groups is 2. The lowest BCUT2D eigenvalue weighted by Gasteiger charge is -2.40. The molecule has 1 N–H and O–H groups in total. The number of carbonyl (C=O) groups excluding carboxylic acids is 2. The van der Waals surface area contributed by atoms with Gasteiger partial charge in [0, 0.05) is 49.8 Å². The van der Waals surface area contributed by atoms with Gasteiger partial charge in [-0.15, -0.1) is 11.3 Å². The highest BCUT2D eigenvalue weighted by molar-refractivity contribution is 7.18. The maximum absolute atomic E-state index is 13.5. The van der Waals surface area contributed by atoms with Gasteiger partial charge in [0.1, 0.15) is 0 Å². The summed E-state index contributed by atoms with van der Waals surface area (Å²) in [6.45, 7) is 3.67. The van der Waals surface area contributed by atoms with Crippen molar-refractivity contribution in [3.05, 3.63) is 80.8 Å². The molecular weight excluding hydrogens is 492 g/mol. The second-order valence-corrected chi connectivity index (χ2v) is 12.0. The van der Waals surface area contributed by atoms with Crippen LogP contribution in [0.15, 0.2) is 54.9 Å². The number of aromatic nitrogens is 1. The van der Waals surface area contributed by atoms with Crippen molar-refractivity contribution < 1.29 is 9.59 Å². The molecule has 6 nitrogen and oxygen atoms in total. The topological polar surface area (TPSA) is 65.5 Å². The lowest BCUT2D eigenvalue weighted by Crippen LogP contribution is -2.42. The van der Waals surface area contributed by atoms with Crippen LogP contribution in [0.3, 0.4) is 0 Å². The zero-order valence-electron chi connectivity index (χ0n) is 20.1. The lowest BCUT2D eigenvalue weighted by molar-refractivity contribution is 0.0764. The summed E-state index contributed by atoms with van der Waals surface area (Å²) >= 11 is 7.28. The van der Waals surface area contributed by atoms with Crippen molar-refractivity contribution >= 4 is 40.4 Å². The van der Waals surface area contributed by atoms with Crippen molar-refractivity contribution in [1.29, 1.82) is 0 Å². The molecule has 1 unspecified atom stereocenters. The molecule has 1 aliphatic carbocycles. The van der Waals surface area contributed by atoms with E-state index in [0.29, 0.717) is 9.21 Å². The van der Waals surface area contributed by atoms with Crippen LogP contribution in [0, 0.1) is 5.41 Å². The van der Waals surface area contributed by atoms with Crippen molar-refractivity contribution in [2.45, 2.75) is 38.1 Å². The van der Waals surface area contributed by atoms with E-state index in [1.54, 1.807) is 12.1 Å². The van der Waals surface area contributed by atoms with Gasteiger partial charge in [-0.05, 0) is 85.0 Å². The third kappa shape index (κ3) is 4.50. The molecule has 186 valence electrons. The minimum atomic E-state index is -0.110. The largest absolute Gasteiger partial charge is 0.371 e. The fourth-order valence-electron chi connectivity index (χ4n) is 6.04. The van der Waals surface area contributed by atoms with E-state index in [2.05, 4.69) is 33.4 Å². The van der Waals surface area contributed by atoms with E-state index in [0.717, 1.165) is 69.4 Å². The molecule has 36 heavy (non-hydrogen) atoms. The molecule has 3 aliphatic rings. The quantitative estimate of drug-likeness (QED) is 0.504. The van der Waals surface area contributed by atoms with Crippen molar-refractivity contribution in [3.8, 4) is 0 Å². The summed E-state index contributed by atoms with van der Waals surface area (Å²) < 4.78 is 0.603. The molecule has 2 fully saturated rings. The Balaban J connectivity index is 1.11. The second kappa shape index (κ2) is 9.52. The van der Waals surface area contributed by atoms with E-state index >= 15 is 0 Å². The van der Waals surface area contributed by atoms with Crippen molar-refractivity contribution in [1.82, 2.24) is 15.2 Å². The standard InChI is InChI=1S/C28H29ClN4O2S/c29-25-6-5-24(36-25)26(34)31-23-4-3-19-1-2-20(17-22(19)23)27(35)33-16-11-28(18-33)9-14-32(15-10-28)21-7-12-30-13-8-21/h1-2,5-8,12-13,17,23H,3-4,9-11,14-16,18H2,(H,31,34). The molecule has 1 aromatic carbocycles. The molecule has 1 spiro atoms. The summed E-state index contributed by atoms with van der Waals surface area (Å²) in [6.07, 6.45) is 8.71. The molecule has 8 heteroatoms. The number of piperidine rings is 1. The van der Waals surface area contributed by atoms with Gasteiger partial charge in [-0.2, -0.15) is 0 Å². The first-order valence-electron chi connectivity index (χ1n) is 12.6. The number of nitrogens with zero attached hydrogens (tertiary/aromatic N) is 3. The summed E-state index contributed by atoms with van der Waals surface area (Å²) in [6, 6.07) is 13.6. The highest BCUT2D eigenvalue weighted by Crippen LogP contribution is 2.42. The minimum Gasteiger partial charge on any atom is -0.371 e. The monoisotopic (exact) mass is 520 g/mol. The van der Waals surface area contributed by atoms with E-state index in [4.69, 9.17) is 11.6 Å².